The van der Waals surface area contributed by atoms with Gasteiger partial charge in [0, 0.05) is 27.6 Å². The SMILES string of the molecule is COC(=O)c1nc(Br)c2cc(-c3cccc(Cl)c3)ncc2c1OCc1ccccc1. The molecule has 0 spiro atoms. The van der Waals surface area contributed by atoms with Crippen LogP contribution in [0.25, 0.3) is 22.0 Å². The minimum atomic E-state index is -0.584. The zero-order chi connectivity index (χ0) is 21.1. The summed E-state index contributed by atoms with van der Waals surface area (Å²) >= 11 is 9.59. The topological polar surface area (TPSA) is 61.3 Å². The molecule has 4 rings (SSSR count). The maximum atomic E-state index is 12.3. The molecule has 0 unspecified atom stereocenters. The van der Waals surface area contributed by atoms with Crippen LogP contribution in [0.3, 0.4) is 0 Å². The number of nitrogens with zero attached hydrogens (tertiary/aromatic N) is 2. The van der Waals surface area contributed by atoms with Gasteiger partial charge in [-0.25, -0.2) is 9.78 Å². The van der Waals surface area contributed by atoms with Gasteiger partial charge < -0.3 is 9.47 Å². The van der Waals surface area contributed by atoms with Crippen molar-refractivity contribution >= 4 is 44.3 Å². The number of hydrogen-bond donors (Lipinski definition) is 0. The summed E-state index contributed by atoms with van der Waals surface area (Å²) < 4.78 is 11.4. The van der Waals surface area contributed by atoms with Crippen LogP contribution >= 0.6 is 27.5 Å². The lowest BCUT2D eigenvalue weighted by atomic mass is 10.1. The van der Waals surface area contributed by atoms with E-state index in [2.05, 4.69) is 25.9 Å². The van der Waals surface area contributed by atoms with Crippen LogP contribution in [0.4, 0.5) is 0 Å². The van der Waals surface area contributed by atoms with E-state index in [4.69, 9.17) is 21.1 Å². The van der Waals surface area contributed by atoms with Crippen molar-refractivity contribution in [3.63, 3.8) is 0 Å². The van der Waals surface area contributed by atoms with Crippen LogP contribution in [0.5, 0.6) is 5.75 Å². The molecule has 0 saturated carbocycles. The standard InChI is InChI=1S/C23H16BrClN2O3/c1-29-23(28)20-21(30-13-14-6-3-2-4-7-14)18-12-26-19(11-17(18)22(24)27-20)15-8-5-9-16(25)10-15/h2-12H,13H2,1H3. The van der Waals surface area contributed by atoms with Gasteiger partial charge in [-0.1, -0.05) is 54.1 Å². The van der Waals surface area contributed by atoms with E-state index >= 15 is 0 Å². The molecule has 0 fully saturated rings. The van der Waals surface area contributed by atoms with Crippen molar-refractivity contribution in [1.82, 2.24) is 9.97 Å². The zero-order valence-corrected chi connectivity index (χ0v) is 18.3. The van der Waals surface area contributed by atoms with Crippen molar-refractivity contribution in [1.29, 1.82) is 0 Å². The average Bonchev–Trinajstić information content (AvgIpc) is 2.78. The van der Waals surface area contributed by atoms with Crippen LogP contribution in [0.2, 0.25) is 5.02 Å². The van der Waals surface area contributed by atoms with Crippen molar-refractivity contribution in [3.8, 4) is 17.0 Å². The first-order valence-corrected chi connectivity index (χ1v) is 10.2. The summed E-state index contributed by atoms with van der Waals surface area (Å²) in [5, 5.41) is 2.04. The maximum absolute atomic E-state index is 12.3. The van der Waals surface area contributed by atoms with Crippen LogP contribution in [0, 0.1) is 0 Å². The number of aromatic nitrogens is 2. The number of hydrogen-bond acceptors (Lipinski definition) is 5. The third-order valence-corrected chi connectivity index (χ3v) is 5.36. The molecule has 30 heavy (non-hydrogen) atoms. The predicted octanol–water partition coefficient (Wildman–Crippen LogP) is 6.08. The molecule has 2 aromatic heterocycles. The molecule has 150 valence electrons. The van der Waals surface area contributed by atoms with Crippen LogP contribution in [-0.4, -0.2) is 23.0 Å². The Morgan fingerprint density at radius 3 is 2.60 bits per heavy atom. The Morgan fingerprint density at radius 2 is 1.87 bits per heavy atom. The molecule has 2 heterocycles. The lowest BCUT2D eigenvalue weighted by Gasteiger charge is -2.14. The van der Waals surface area contributed by atoms with Gasteiger partial charge in [0.1, 0.15) is 11.2 Å². The normalized spacial score (nSPS) is 10.8. The van der Waals surface area contributed by atoms with Gasteiger partial charge in [-0.15, -0.1) is 0 Å². The molecule has 7 heteroatoms. The lowest BCUT2D eigenvalue weighted by Crippen LogP contribution is -2.10. The third-order valence-electron chi connectivity index (χ3n) is 4.52. The molecule has 0 amide bonds. The first-order chi connectivity index (χ1) is 14.6. The van der Waals surface area contributed by atoms with Gasteiger partial charge in [0.25, 0.3) is 0 Å². The Kier molecular flexibility index (Phi) is 5.97. The molecule has 2 aromatic carbocycles. The largest absolute Gasteiger partial charge is 0.486 e. The summed E-state index contributed by atoms with van der Waals surface area (Å²) in [6.07, 6.45) is 1.67. The fourth-order valence-electron chi connectivity index (χ4n) is 3.06. The summed E-state index contributed by atoms with van der Waals surface area (Å²) in [4.78, 5) is 21.3. The van der Waals surface area contributed by atoms with Gasteiger partial charge in [0.2, 0.25) is 0 Å². The van der Waals surface area contributed by atoms with E-state index in [1.54, 1.807) is 6.20 Å². The molecule has 0 bridgehead atoms. The quantitative estimate of drug-likeness (QED) is 0.254. The number of methoxy groups -OCH3 is 1. The van der Waals surface area contributed by atoms with Gasteiger partial charge in [-0.05, 0) is 39.7 Å². The zero-order valence-electron chi connectivity index (χ0n) is 15.9. The smallest absolute Gasteiger partial charge is 0.360 e. The number of carbonyl (C=O) groups excluding carboxylic acids is 1. The number of ether oxygens (including phenoxy) is 2. The molecule has 5 nitrogen and oxygen atoms in total. The molecular formula is C23H16BrClN2O3. The van der Waals surface area contributed by atoms with E-state index < -0.39 is 5.97 Å². The second-order valence-corrected chi connectivity index (χ2v) is 7.66. The van der Waals surface area contributed by atoms with Crippen molar-refractivity contribution in [2.45, 2.75) is 6.61 Å². The molecule has 0 aliphatic heterocycles. The molecule has 0 aliphatic rings. The second-order valence-electron chi connectivity index (χ2n) is 6.47. The fourth-order valence-corrected chi connectivity index (χ4v) is 3.76. The fraction of sp³-hybridized carbons (Fsp3) is 0.0870. The summed E-state index contributed by atoms with van der Waals surface area (Å²) in [7, 11) is 1.31. The number of pyridine rings is 2. The highest BCUT2D eigenvalue weighted by Gasteiger charge is 2.22. The van der Waals surface area contributed by atoms with E-state index in [0.29, 0.717) is 20.8 Å². The number of rotatable bonds is 5. The second kappa shape index (κ2) is 8.81. The number of fused-ring (bicyclic) bond motifs is 1. The van der Waals surface area contributed by atoms with Crippen LogP contribution in [-0.2, 0) is 11.3 Å². The molecule has 0 saturated heterocycles. The highest BCUT2D eigenvalue weighted by molar-refractivity contribution is 9.10. The van der Waals surface area contributed by atoms with E-state index in [-0.39, 0.29) is 12.3 Å². The summed E-state index contributed by atoms with van der Waals surface area (Å²) in [5.41, 5.74) is 2.66. The van der Waals surface area contributed by atoms with E-state index in [1.165, 1.54) is 7.11 Å². The maximum Gasteiger partial charge on any atom is 0.360 e. The van der Waals surface area contributed by atoms with Crippen molar-refractivity contribution in [2.75, 3.05) is 7.11 Å². The molecular weight excluding hydrogens is 468 g/mol. The Hall–Kier alpha value is -2.96. The first kappa shape index (κ1) is 20.3. The number of carbonyl (C=O) groups is 1. The molecule has 0 atom stereocenters. The minimum Gasteiger partial charge on any atom is -0.486 e. The molecule has 0 aliphatic carbocycles. The van der Waals surface area contributed by atoms with Crippen molar-refractivity contribution < 1.29 is 14.3 Å². The van der Waals surface area contributed by atoms with E-state index in [1.807, 2.05) is 60.7 Å². The Labute approximate surface area is 186 Å². The number of esters is 1. The number of halogens is 2. The summed E-state index contributed by atoms with van der Waals surface area (Å²) in [5.74, 6) is -0.256. The highest BCUT2D eigenvalue weighted by Crippen LogP contribution is 2.36. The van der Waals surface area contributed by atoms with Crippen LogP contribution < -0.4 is 4.74 Å². The number of benzene rings is 2. The molecule has 4 aromatic rings. The van der Waals surface area contributed by atoms with Gasteiger partial charge in [-0.3, -0.25) is 4.98 Å². The minimum absolute atomic E-state index is 0.0881. The van der Waals surface area contributed by atoms with Crippen LogP contribution in [0.1, 0.15) is 16.1 Å². The van der Waals surface area contributed by atoms with Gasteiger partial charge in [0.15, 0.2) is 11.4 Å². The van der Waals surface area contributed by atoms with Gasteiger partial charge in [0.05, 0.1) is 12.8 Å². The van der Waals surface area contributed by atoms with E-state index in [9.17, 15) is 4.79 Å². The summed E-state index contributed by atoms with van der Waals surface area (Å²) in [6.45, 7) is 0.277. The molecule has 0 N–H and O–H groups in total. The Morgan fingerprint density at radius 1 is 1.07 bits per heavy atom. The molecule has 0 radical (unpaired) electrons. The third kappa shape index (κ3) is 4.15. The van der Waals surface area contributed by atoms with Gasteiger partial charge in [-0.2, -0.15) is 0 Å². The Balaban J connectivity index is 1.83. The first-order valence-electron chi connectivity index (χ1n) is 9.07. The van der Waals surface area contributed by atoms with Crippen molar-refractivity contribution in [3.05, 3.63) is 87.7 Å². The van der Waals surface area contributed by atoms with Gasteiger partial charge >= 0.3 is 5.97 Å². The highest BCUT2D eigenvalue weighted by atomic mass is 79.9. The van der Waals surface area contributed by atoms with E-state index in [0.717, 1.165) is 22.2 Å². The predicted molar refractivity (Wildman–Crippen MR) is 120 cm³/mol. The Bertz CT molecular complexity index is 1230. The van der Waals surface area contributed by atoms with Crippen LogP contribution in [0.15, 0.2) is 71.5 Å². The summed E-state index contributed by atoms with van der Waals surface area (Å²) in [6, 6.07) is 19.0. The van der Waals surface area contributed by atoms with Crippen molar-refractivity contribution in [2.24, 2.45) is 0 Å². The monoisotopic (exact) mass is 482 g/mol. The lowest BCUT2D eigenvalue weighted by molar-refractivity contribution is 0.0588. The average molecular weight is 484 g/mol.